The van der Waals surface area contributed by atoms with Crippen molar-refractivity contribution in [2.45, 2.75) is 19.8 Å². The van der Waals surface area contributed by atoms with E-state index in [4.69, 9.17) is 0 Å². The molecule has 0 fully saturated rings. The van der Waals surface area contributed by atoms with Crippen molar-refractivity contribution in [1.82, 2.24) is 4.90 Å². The van der Waals surface area contributed by atoms with Gasteiger partial charge in [0.2, 0.25) is 0 Å². The molecule has 0 aliphatic carbocycles. The predicted octanol–water partition coefficient (Wildman–Crippen LogP) is 4.19. The largest absolute Gasteiger partial charge is 0.354 e. The van der Waals surface area contributed by atoms with Crippen molar-refractivity contribution in [3.8, 4) is 0 Å². The van der Waals surface area contributed by atoms with Gasteiger partial charge < -0.3 is 4.90 Å². The van der Waals surface area contributed by atoms with E-state index in [1.807, 2.05) is 42.1 Å². The van der Waals surface area contributed by atoms with E-state index in [0.29, 0.717) is 17.7 Å². The predicted molar refractivity (Wildman–Crippen MR) is 106 cm³/mol. The van der Waals surface area contributed by atoms with Gasteiger partial charge in [0.1, 0.15) is 11.1 Å². The molecule has 0 aromatic carbocycles. The van der Waals surface area contributed by atoms with Crippen molar-refractivity contribution in [2.75, 3.05) is 20.6 Å². The van der Waals surface area contributed by atoms with Gasteiger partial charge in [0.25, 0.3) is 5.91 Å². The van der Waals surface area contributed by atoms with Gasteiger partial charge in [-0.1, -0.05) is 25.5 Å². The van der Waals surface area contributed by atoms with Crippen LogP contribution in [0.1, 0.15) is 29.5 Å². The van der Waals surface area contributed by atoms with Gasteiger partial charge >= 0.3 is 5.91 Å². The average molecular weight is 386 g/mol. The van der Waals surface area contributed by atoms with Crippen molar-refractivity contribution in [1.29, 1.82) is 0 Å². The third-order valence-electron chi connectivity index (χ3n) is 5.20. The number of unbranched alkanes of at least 4 members (excludes halogenated alkanes) is 1. The Morgan fingerprint density at radius 3 is 2.27 bits per heavy atom. The minimum absolute atomic E-state index is 0.0398. The van der Waals surface area contributed by atoms with E-state index in [1.165, 1.54) is 0 Å². The normalized spacial score (nSPS) is 22.8. The van der Waals surface area contributed by atoms with Crippen LogP contribution < -0.4 is 0 Å². The van der Waals surface area contributed by atoms with Gasteiger partial charge in [0, 0.05) is 7.05 Å². The van der Waals surface area contributed by atoms with Crippen LogP contribution in [-0.2, 0) is 9.59 Å². The van der Waals surface area contributed by atoms with Crippen LogP contribution >= 0.6 is 22.7 Å². The molecule has 4 heterocycles. The number of hydrogen-bond donors (Lipinski definition) is 0. The first-order valence-corrected chi connectivity index (χ1v) is 10.5. The molecule has 1 unspecified atom stereocenters. The number of quaternary nitrogens is 1. The summed E-state index contributed by atoms with van der Waals surface area (Å²) in [6, 6.07) is 7.93. The Morgan fingerprint density at radius 2 is 1.69 bits per heavy atom. The fourth-order valence-electron chi connectivity index (χ4n) is 3.85. The molecule has 1 atom stereocenters. The highest BCUT2D eigenvalue weighted by molar-refractivity contribution is 7.11. The minimum atomic E-state index is -0.0708. The summed E-state index contributed by atoms with van der Waals surface area (Å²) in [5.74, 6) is -0.0311. The summed E-state index contributed by atoms with van der Waals surface area (Å²) in [4.78, 5) is 30.4. The summed E-state index contributed by atoms with van der Waals surface area (Å²) in [6.45, 7) is 2.84. The first kappa shape index (κ1) is 17.4. The van der Waals surface area contributed by atoms with E-state index in [2.05, 4.69) is 6.92 Å². The topological polar surface area (TPSA) is 37.4 Å². The van der Waals surface area contributed by atoms with Crippen molar-refractivity contribution in [3.05, 3.63) is 55.9 Å². The van der Waals surface area contributed by atoms with Gasteiger partial charge in [0.15, 0.2) is 5.70 Å². The van der Waals surface area contributed by atoms with Gasteiger partial charge in [-0.15, -0.1) is 22.7 Å². The molecule has 4 nitrogen and oxygen atoms in total. The van der Waals surface area contributed by atoms with Crippen LogP contribution in [0.25, 0.3) is 11.4 Å². The van der Waals surface area contributed by atoms with Crippen molar-refractivity contribution < 1.29 is 14.1 Å². The van der Waals surface area contributed by atoms with Crippen LogP contribution in [0.4, 0.5) is 0 Å². The Hall–Kier alpha value is -2.02. The molecule has 0 saturated heterocycles. The van der Waals surface area contributed by atoms with E-state index in [-0.39, 0.29) is 16.3 Å². The summed E-state index contributed by atoms with van der Waals surface area (Å²) in [6.07, 6.45) is 1.95. The zero-order valence-corrected chi connectivity index (χ0v) is 16.7. The Bertz CT molecular complexity index is 939. The Kier molecular flexibility index (Phi) is 4.22. The molecule has 2 aliphatic heterocycles. The van der Waals surface area contributed by atoms with E-state index in [9.17, 15) is 9.59 Å². The highest BCUT2D eigenvalue weighted by Gasteiger charge is 2.57. The van der Waals surface area contributed by atoms with E-state index < -0.39 is 0 Å². The van der Waals surface area contributed by atoms with Crippen molar-refractivity contribution in [3.63, 3.8) is 0 Å². The second kappa shape index (κ2) is 6.30. The molecule has 4 rings (SSSR count). The molecular formula is C20H21N2O2S2+. The first-order chi connectivity index (χ1) is 12.5. The third-order valence-corrected chi connectivity index (χ3v) is 6.95. The second-order valence-electron chi connectivity index (χ2n) is 6.84. The van der Waals surface area contributed by atoms with Crippen LogP contribution in [0.15, 0.2) is 46.2 Å². The molecule has 0 spiro atoms. The summed E-state index contributed by atoms with van der Waals surface area (Å²) < 4.78 is 0.188. The van der Waals surface area contributed by atoms with Gasteiger partial charge in [-0.25, -0.2) is 9.28 Å². The van der Waals surface area contributed by atoms with E-state index >= 15 is 0 Å². The van der Waals surface area contributed by atoms with Crippen LogP contribution in [0.3, 0.4) is 0 Å². The number of carbonyl (C=O) groups excluding carboxylic acids is 2. The molecule has 2 aromatic rings. The van der Waals surface area contributed by atoms with Crippen LogP contribution in [0, 0.1) is 0 Å². The van der Waals surface area contributed by atoms with E-state index in [0.717, 1.165) is 34.0 Å². The maximum Gasteiger partial charge on any atom is 0.354 e. The molecule has 2 aliphatic rings. The fourth-order valence-corrected chi connectivity index (χ4v) is 5.54. The summed E-state index contributed by atoms with van der Waals surface area (Å²) in [7, 11) is 3.73. The number of thiophene rings is 2. The molecule has 6 heteroatoms. The number of amides is 2. The average Bonchev–Trinajstić information content (AvgIpc) is 3.39. The third kappa shape index (κ3) is 2.29. The second-order valence-corrected chi connectivity index (χ2v) is 8.74. The first-order valence-electron chi connectivity index (χ1n) is 8.76. The summed E-state index contributed by atoms with van der Waals surface area (Å²) in [5, 5.41) is 3.98. The molecule has 2 aromatic heterocycles. The van der Waals surface area contributed by atoms with Crippen molar-refractivity contribution in [2.24, 2.45) is 0 Å². The van der Waals surface area contributed by atoms with Gasteiger partial charge in [-0.3, -0.25) is 4.79 Å². The number of carbonyl (C=O) groups is 2. The van der Waals surface area contributed by atoms with Crippen molar-refractivity contribution >= 4 is 45.9 Å². The molecule has 0 saturated carbocycles. The quantitative estimate of drug-likeness (QED) is 0.724. The maximum absolute atomic E-state index is 13.6. The molecule has 0 bridgehead atoms. The Labute approximate surface area is 161 Å². The standard InChI is InChI=1S/C20H21N2O2S2/c1-4-5-10-22(3)18(14-9-7-12-26-14)16-15(20(22)24)17(21(2)19(16)23)13-8-6-11-25-13/h6-9,11-12H,4-5,10H2,1-3H3/q+1. The Balaban J connectivity index is 2.01. The molecule has 134 valence electrons. The van der Waals surface area contributed by atoms with Gasteiger partial charge in [0.05, 0.1) is 29.0 Å². The summed E-state index contributed by atoms with van der Waals surface area (Å²) >= 11 is 3.16. The molecule has 0 N–H and O–H groups in total. The molecule has 26 heavy (non-hydrogen) atoms. The zero-order valence-electron chi connectivity index (χ0n) is 15.1. The number of hydrogen-bond acceptors (Lipinski definition) is 4. The lowest BCUT2D eigenvalue weighted by atomic mass is 10.1. The monoisotopic (exact) mass is 385 g/mol. The Morgan fingerprint density at radius 1 is 1.04 bits per heavy atom. The number of rotatable bonds is 5. The minimum Gasteiger partial charge on any atom is -0.309 e. The van der Waals surface area contributed by atoms with Gasteiger partial charge in [-0.2, -0.15) is 0 Å². The van der Waals surface area contributed by atoms with Crippen LogP contribution in [-0.4, -0.2) is 41.8 Å². The smallest absolute Gasteiger partial charge is 0.309 e. The molecule has 0 radical (unpaired) electrons. The highest BCUT2D eigenvalue weighted by atomic mass is 32.1. The lowest BCUT2D eigenvalue weighted by Crippen LogP contribution is -2.45. The zero-order chi connectivity index (χ0) is 18.5. The highest BCUT2D eigenvalue weighted by Crippen LogP contribution is 2.50. The van der Waals surface area contributed by atoms with Crippen LogP contribution in [0.2, 0.25) is 0 Å². The fraction of sp³-hybridized carbons (Fsp3) is 0.300. The molecular weight excluding hydrogens is 364 g/mol. The number of likely N-dealkylation sites (N-methyl/N-ethyl adjacent to an activating group) is 2. The van der Waals surface area contributed by atoms with Gasteiger partial charge in [-0.05, 0) is 29.3 Å². The van der Waals surface area contributed by atoms with E-state index in [1.54, 1.807) is 34.6 Å². The number of nitrogens with zero attached hydrogens (tertiary/aromatic N) is 2. The summed E-state index contributed by atoms with van der Waals surface area (Å²) in [5.41, 5.74) is 2.83. The maximum atomic E-state index is 13.6. The number of fused-ring (bicyclic) bond motifs is 1. The lowest BCUT2D eigenvalue weighted by Gasteiger charge is -2.29. The van der Waals surface area contributed by atoms with Crippen LogP contribution in [0.5, 0.6) is 0 Å². The molecule has 2 amide bonds. The SMILES string of the molecule is CCCC[N+]1(C)C(=O)C2=C(c3cccs3)N(C)C(=O)C2=C1c1cccs1. The lowest BCUT2D eigenvalue weighted by molar-refractivity contribution is -0.756.